The van der Waals surface area contributed by atoms with Gasteiger partial charge in [-0.2, -0.15) is 0 Å². The molecule has 1 atom stereocenters. The van der Waals surface area contributed by atoms with Crippen molar-refractivity contribution in [2.24, 2.45) is 0 Å². The number of ether oxygens (including phenoxy) is 1. The molecule has 0 radical (unpaired) electrons. The molecule has 0 saturated carbocycles. The lowest BCUT2D eigenvalue weighted by Gasteiger charge is -2.41. The summed E-state index contributed by atoms with van der Waals surface area (Å²) in [5, 5.41) is 1.90. The van der Waals surface area contributed by atoms with E-state index in [0.29, 0.717) is 31.6 Å². The van der Waals surface area contributed by atoms with E-state index < -0.39 is 5.60 Å². The molecule has 0 unspecified atom stereocenters. The molecular weight excluding hydrogens is 440 g/mol. The number of rotatable bonds is 3. The molecule has 0 bridgehead atoms. The Balaban J connectivity index is 1.80. The van der Waals surface area contributed by atoms with Crippen LogP contribution in [0.2, 0.25) is 0 Å². The van der Waals surface area contributed by atoms with Crippen LogP contribution in [-0.2, 0) is 11.2 Å². The van der Waals surface area contributed by atoms with Crippen molar-refractivity contribution in [3.63, 3.8) is 0 Å². The van der Waals surface area contributed by atoms with E-state index in [9.17, 15) is 9.59 Å². The second-order valence-corrected chi connectivity index (χ2v) is 10.1. The highest BCUT2D eigenvalue weighted by Crippen LogP contribution is 2.27. The highest BCUT2D eigenvalue weighted by atomic mass is 79.9. The maximum atomic E-state index is 13.2. The summed E-state index contributed by atoms with van der Waals surface area (Å²) in [6.07, 6.45) is 0.363. The number of benzene rings is 1. The zero-order valence-corrected chi connectivity index (χ0v) is 18.8. The average molecular weight is 465 g/mol. The Morgan fingerprint density at radius 2 is 1.89 bits per heavy atom. The van der Waals surface area contributed by atoms with Gasteiger partial charge in [-0.05, 0) is 60.1 Å². The summed E-state index contributed by atoms with van der Waals surface area (Å²) < 4.78 is 6.38. The number of carbonyl (C=O) groups is 2. The average Bonchev–Trinajstić information content (AvgIpc) is 3.06. The maximum Gasteiger partial charge on any atom is 0.410 e. The van der Waals surface area contributed by atoms with Gasteiger partial charge in [-0.15, -0.1) is 11.3 Å². The SMILES string of the molecule is CC(C)(C)OC(=O)N1CCN(C(=O)c2ccsc2Br)[C@H](Cc2ccccc2)C1. The Bertz CT molecular complexity index is 832. The van der Waals surface area contributed by atoms with Crippen LogP contribution in [0.15, 0.2) is 45.6 Å². The summed E-state index contributed by atoms with van der Waals surface area (Å²) >= 11 is 4.97. The van der Waals surface area contributed by atoms with Gasteiger partial charge in [0.05, 0.1) is 15.4 Å². The van der Waals surface area contributed by atoms with Crippen molar-refractivity contribution in [1.29, 1.82) is 0 Å². The van der Waals surface area contributed by atoms with Gasteiger partial charge in [0.1, 0.15) is 5.60 Å². The molecule has 1 aromatic heterocycles. The van der Waals surface area contributed by atoms with Crippen LogP contribution in [0.5, 0.6) is 0 Å². The molecule has 1 aliphatic heterocycles. The Kier molecular flexibility index (Phi) is 6.45. The summed E-state index contributed by atoms with van der Waals surface area (Å²) in [5.74, 6) is -0.00195. The van der Waals surface area contributed by atoms with Crippen molar-refractivity contribution in [3.05, 3.63) is 56.7 Å². The van der Waals surface area contributed by atoms with Gasteiger partial charge in [-0.1, -0.05) is 30.3 Å². The van der Waals surface area contributed by atoms with Crippen LogP contribution in [0, 0.1) is 0 Å². The van der Waals surface area contributed by atoms with Crippen molar-refractivity contribution in [2.45, 2.75) is 38.8 Å². The van der Waals surface area contributed by atoms with Gasteiger partial charge < -0.3 is 14.5 Å². The van der Waals surface area contributed by atoms with Gasteiger partial charge >= 0.3 is 6.09 Å². The standard InChI is InChI=1S/C21H25BrN2O3S/c1-21(2,3)27-20(26)23-10-11-24(19(25)17-9-12-28-18(17)22)16(14-23)13-15-7-5-4-6-8-15/h4-9,12,16H,10-11,13-14H2,1-3H3/t16-/m1/s1. The van der Waals surface area contributed by atoms with Gasteiger partial charge in [0.15, 0.2) is 0 Å². The molecule has 2 amide bonds. The number of piperazine rings is 1. The second-order valence-electron chi connectivity index (χ2n) is 7.88. The van der Waals surface area contributed by atoms with Crippen molar-refractivity contribution in [2.75, 3.05) is 19.6 Å². The number of hydrogen-bond acceptors (Lipinski definition) is 4. The van der Waals surface area contributed by atoms with E-state index in [1.807, 2.05) is 55.3 Å². The molecule has 28 heavy (non-hydrogen) atoms. The Morgan fingerprint density at radius 3 is 2.50 bits per heavy atom. The van der Waals surface area contributed by atoms with Crippen LogP contribution in [0.3, 0.4) is 0 Å². The van der Waals surface area contributed by atoms with Gasteiger partial charge in [0.25, 0.3) is 5.91 Å². The third-order valence-electron chi connectivity index (χ3n) is 4.56. The first-order valence-corrected chi connectivity index (χ1v) is 11.0. The Hall–Kier alpha value is -1.86. The molecule has 5 nitrogen and oxygen atoms in total. The van der Waals surface area contributed by atoms with Gasteiger partial charge in [0.2, 0.25) is 0 Å². The zero-order chi connectivity index (χ0) is 20.3. The van der Waals surface area contributed by atoms with E-state index >= 15 is 0 Å². The monoisotopic (exact) mass is 464 g/mol. The van der Waals surface area contributed by atoms with Gasteiger partial charge in [0, 0.05) is 19.6 Å². The summed E-state index contributed by atoms with van der Waals surface area (Å²) in [6.45, 7) is 6.99. The number of carbonyl (C=O) groups excluding carboxylic acids is 2. The largest absolute Gasteiger partial charge is 0.444 e. The topological polar surface area (TPSA) is 49.9 Å². The third kappa shape index (κ3) is 5.14. The fourth-order valence-electron chi connectivity index (χ4n) is 3.28. The fraction of sp³-hybridized carbons (Fsp3) is 0.429. The normalized spacial score (nSPS) is 17.5. The van der Waals surface area contributed by atoms with Gasteiger partial charge in [-0.25, -0.2) is 4.79 Å². The number of amides is 2. The molecule has 2 aromatic rings. The molecule has 0 aliphatic carbocycles. The van der Waals surface area contributed by atoms with Crippen LogP contribution in [0.1, 0.15) is 36.7 Å². The molecule has 150 valence electrons. The summed E-state index contributed by atoms with van der Waals surface area (Å²) in [7, 11) is 0. The first kappa shape index (κ1) is 20.9. The van der Waals surface area contributed by atoms with Crippen LogP contribution >= 0.6 is 27.3 Å². The first-order chi connectivity index (χ1) is 13.2. The van der Waals surface area contributed by atoms with Crippen LogP contribution in [0.4, 0.5) is 4.79 Å². The van der Waals surface area contributed by atoms with Crippen LogP contribution in [0.25, 0.3) is 0 Å². The second kappa shape index (κ2) is 8.66. The molecule has 0 spiro atoms. The van der Waals surface area contributed by atoms with E-state index in [2.05, 4.69) is 28.1 Å². The molecule has 2 heterocycles. The van der Waals surface area contributed by atoms with Crippen molar-refractivity contribution in [3.8, 4) is 0 Å². The van der Waals surface area contributed by atoms with E-state index in [0.717, 1.165) is 9.35 Å². The number of nitrogens with zero attached hydrogens (tertiary/aromatic N) is 2. The van der Waals surface area contributed by atoms with Crippen molar-refractivity contribution in [1.82, 2.24) is 9.80 Å². The fourth-order valence-corrected chi connectivity index (χ4v) is 4.51. The van der Waals surface area contributed by atoms with Crippen LogP contribution in [-0.4, -0.2) is 53.1 Å². The minimum atomic E-state index is -0.541. The number of halogens is 1. The lowest BCUT2D eigenvalue weighted by Crippen LogP contribution is -2.57. The molecular formula is C21H25BrN2O3S. The predicted molar refractivity (Wildman–Crippen MR) is 115 cm³/mol. The number of thiophene rings is 1. The first-order valence-electron chi connectivity index (χ1n) is 9.30. The molecule has 7 heteroatoms. The quantitative estimate of drug-likeness (QED) is 0.654. The lowest BCUT2D eigenvalue weighted by molar-refractivity contribution is 0.00438. The van der Waals surface area contributed by atoms with E-state index in [1.54, 1.807) is 4.90 Å². The molecule has 3 rings (SSSR count). The molecule has 1 aliphatic rings. The van der Waals surface area contributed by atoms with E-state index in [4.69, 9.17) is 4.74 Å². The highest BCUT2D eigenvalue weighted by molar-refractivity contribution is 9.11. The van der Waals surface area contributed by atoms with Crippen molar-refractivity contribution >= 4 is 39.3 Å². The minimum absolute atomic E-state index is 0.00195. The number of hydrogen-bond donors (Lipinski definition) is 0. The minimum Gasteiger partial charge on any atom is -0.444 e. The summed E-state index contributed by atoms with van der Waals surface area (Å²) in [5.41, 5.74) is 1.27. The maximum absolute atomic E-state index is 13.2. The summed E-state index contributed by atoms with van der Waals surface area (Å²) in [4.78, 5) is 29.3. The predicted octanol–water partition coefficient (Wildman–Crippen LogP) is 4.81. The molecule has 1 aromatic carbocycles. The Labute approximate surface area is 178 Å². The molecule has 0 N–H and O–H groups in total. The molecule has 1 saturated heterocycles. The van der Waals surface area contributed by atoms with Crippen LogP contribution < -0.4 is 0 Å². The van der Waals surface area contributed by atoms with E-state index in [-0.39, 0.29) is 18.0 Å². The smallest absolute Gasteiger partial charge is 0.410 e. The highest BCUT2D eigenvalue weighted by Gasteiger charge is 2.35. The molecule has 1 fully saturated rings. The zero-order valence-electron chi connectivity index (χ0n) is 16.4. The lowest BCUT2D eigenvalue weighted by atomic mass is 10.0. The third-order valence-corrected chi connectivity index (χ3v) is 6.24. The van der Waals surface area contributed by atoms with Crippen molar-refractivity contribution < 1.29 is 14.3 Å². The van der Waals surface area contributed by atoms with Gasteiger partial charge in [-0.3, -0.25) is 4.79 Å². The Morgan fingerprint density at radius 1 is 1.18 bits per heavy atom. The summed E-state index contributed by atoms with van der Waals surface area (Å²) in [6, 6.07) is 11.8. The van der Waals surface area contributed by atoms with E-state index in [1.165, 1.54) is 11.3 Å².